The van der Waals surface area contributed by atoms with Gasteiger partial charge in [0.25, 0.3) is 0 Å². The van der Waals surface area contributed by atoms with Crippen molar-refractivity contribution >= 4 is 5.97 Å². The molecule has 3 atom stereocenters. The van der Waals surface area contributed by atoms with E-state index in [1.54, 1.807) is 25.7 Å². The van der Waals surface area contributed by atoms with Crippen molar-refractivity contribution in [1.82, 2.24) is 4.90 Å². The number of hydrogen-bond donors (Lipinski definition) is 0. The fraction of sp³-hybridized carbons (Fsp3) is 0.321. The molecule has 0 saturated carbocycles. The maximum Gasteiger partial charge on any atom is 0.327 e. The SMILES string of the molecule is C[C@H](c1ccccc1)N(Cc1ccccc1)[C@H](C(=O)OC(C)(C)C)[C@@H](F)c1cccc(F)c1. The van der Waals surface area contributed by atoms with E-state index in [0.29, 0.717) is 6.54 Å². The maximum atomic E-state index is 16.1. The third-order valence-electron chi connectivity index (χ3n) is 5.44. The van der Waals surface area contributed by atoms with Crippen LogP contribution in [0.1, 0.15) is 56.6 Å². The van der Waals surface area contributed by atoms with Gasteiger partial charge >= 0.3 is 5.97 Å². The number of benzene rings is 3. The molecule has 0 saturated heterocycles. The zero-order valence-electron chi connectivity index (χ0n) is 19.5. The fourth-order valence-corrected chi connectivity index (χ4v) is 3.84. The Kier molecular flexibility index (Phi) is 7.98. The Morgan fingerprint density at radius 3 is 2.06 bits per heavy atom. The summed E-state index contributed by atoms with van der Waals surface area (Å²) in [7, 11) is 0. The van der Waals surface area contributed by atoms with Gasteiger partial charge in [0.15, 0.2) is 6.17 Å². The zero-order valence-corrected chi connectivity index (χ0v) is 19.5. The summed E-state index contributed by atoms with van der Waals surface area (Å²) in [4.78, 5) is 15.2. The van der Waals surface area contributed by atoms with E-state index in [4.69, 9.17) is 4.74 Å². The normalized spacial score (nSPS) is 14.5. The first-order chi connectivity index (χ1) is 15.7. The number of esters is 1. The van der Waals surface area contributed by atoms with Crippen molar-refractivity contribution in [2.45, 2.75) is 58.1 Å². The molecule has 0 aliphatic heterocycles. The number of carbonyl (C=O) groups excluding carboxylic acids is 1. The smallest absolute Gasteiger partial charge is 0.327 e. The average Bonchev–Trinajstić information content (AvgIpc) is 2.78. The van der Waals surface area contributed by atoms with Gasteiger partial charge in [-0.05, 0) is 56.5 Å². The topological polar surface area (TPSA) is 29.5 Å². The molecule has 33 heavy (non-hydrogen) atoms. The molecule has 5 heteroatoms. The highest BCUT2D eigenvalue weighted by Gasteiger charge is 2.40. The van der Waals surface area contributed by atoms with Crippen molar-refractivity contribution in [3.05, 3.63) is 107 Å². The van der Waals surface area contributed by atoms with Crippen LogP contribution in [-0.4, -0.2) is 22.5 Å². The van der Waals surface area contributed by atoms with Crippen LogP contribution in [0.15, 0.2) is 84.9 Å². The van der Waals surface area contributed by atoms with Crippen LogP contribution in [0.3, 0.4) is 0 Å². The summed E-state index contributed by atoms with van der Waals surface area (Å²) in [6.07, 6.45) is -1.79. The van der Waals surface area contributed by atoms with Crippen LogP contribution in [0, 0.1) is 5.82 Å². The molecule has 0 amide bonds. The second-order valence-electron chi connectivity index (χ2n) is 9.18. The lowest BCUT2D eigenvalue weighted by Crippen LogP contribution is -2.47. The predicted molar refractivity (Wildman–Crippen MR) is 127 cm³/mol. The van der Waals surface area contributed by atoms with Crippen molar-refractivity contribution in [3.63, 3.8) is 0 Å². The quantitative estimate of drug-likeness (QED) is 0.352. The summed E-state index contributed by atoms with van der Waals surface area (Å²) in [6.45, 7) is 7.50. The molecule has 0 aromatic heterocycles. The van der Waals surface area contributed by atoms with E-state index in [-0.39, 0.29) is 11.6 Å². The summed E-state index contributed by atoms with van der Waals surface area (Å²) in [5.74, 6) is -1.23. The van der Waals surface area contributed by atoms with E-state index < -0.39 is 29.6 Å². The predicted octanol–water partition coefficient (Wildman–Crippen LogP) is 6.81. The van der Waals surface area contributed by atoms with E-state index in [2.05, 4.69) is 0 Å². The van der Waals surface area contributed by atoms with E-state index in [1.807, 2.05) is 67.6 Å². The molecule has 3 rings (SSSR count). The van der Waals surface area contributed by atoms with E-state index in [0.717, 1.165) is 17.2 Å². The highest BCUT2D eigenvalue weighted by Crippen LogP contribution is 2.34. The monoisotopic (exact) mass is 451 g/mol. The van der Waals surface area contributed by atoms with Gasteiger partial charge in [0.05, 0.1) is 0 Å². The standard InChI is InChI=1S/C28H31F2NO2/c1-20(22-14-9-6-10-15-22)31(19-21-12-7-5-8-13-21)26(27(32)33-28(2,3)4)25(30)23-16-11-17-24(29)18-23/h5-18,20,25-26H,19H2,1-4H3/t20-,25+,26+/m1/s1. The van der Waals surface area contributed by atoms with Gasteiger partial charge in [0.2, 0.25) is 0 Å². The van der Waals surface area contributed by atoms with Crippen LogP contribution >= 0.6 is 0 Å². The van der Waals surface area contributed by atoms with Crippen LogP contribution in [0.25, 0.3) is 0 Å². The molecule has 0 N–H and O–H groups in total. The molecule has 174 valence electrons. The number of nitrogens with zero attached hydrogens (tertiary/aromatic N) is 1. The average molecular weight is 452 g/mol. The van der Waals surface area contributed by atoms with Gasteiger partial charge in [-0.25, -0.2) is 8.78 Å². The second-order valence-corrected chi connectivity index (χ2v) is 9.18. The van der Waals surface area contributed by atoms with Crippen molar-refractivity contribution in [1.29, 1.82) is 0 Å². The number of ether oxygens (including phenoxy) is 1. The Morgan fingerprint density at radius 2 is 1.48 bits per heavy atom. The van der Waals surface area contributed by atoms with Crippen LogP contribution < -0.4 is 0 Å². The number of rotatable bonds is 8. The lowest BCUT2D eigenvalue weighted by Gasteiger charge is -2.38. The summed E-state index contributed by atoms with van der Waals surface area (Å²) >= 11 is 0. The van der Waals surface area contributed by atoms with Crippen LogP contribution in [-0.2, 0) is 16.1 Å². The van der Waals surface area contributed by atoms with Gasteiger partial charge in [0, 0.05) is 12.6 Å². The number of halogens is 2. The first kappa shape index (κ1) is 24.6. The maximum absolute atomic E-state index is 16.1. The van der Waals surface area contributed by atoms with E-state index in [1.165, 1.54) is 18.2 Å². The Morgan fingerprint density at radius 1 is 0.909 bits per heavy atom. The molecule has 0 aliphatic rings. The van der Waals surface area contributed by atoms with Crippen molar-refractivity contribution in [3.8, 4) is 0 Å². The number of carbonyl (C=O) groups is 1. The minimum absolute atomic E-state index is 0.101. The number of hydrogen-bond acceptors (Lipinski definition) is 3. The Labute approximate surface area is 195 Å². The molecule has 3 aromatic rings. The lowest BCUT2D eigenvalue weighted by molar-refractivity contribution is -0.166. The van der Waals surface area contributed by atoms with Gasteiger partial charge < -0.3 is 4.74 Å². The van der Waals surface area contributed by atoms with Crippen molar-refractivity contribution in [2.24, 2.45) is 0 Å². The Balaban J connectivity index is 2.09. The van der Waals surface area contributed by atoms with Crippen LogP contribution in [0.2, 0.25) is 0 Å². The summed E-state index contributed by atoms with van der Waals surface area (Å²) < 4.78 is 35.7. The van der Waals surface area contributed by atoms with Gasteiger partial charge in [-0.15, -0.1) is 0 Å². The largest absolute Gasteiger partial charge is 0.459 e. The molecule has 0 radical (unpaired) electrons. The van der Waals surface area contributed by atoms with Crippen LogP contribution in [0.5, 0.6) is 0 Å². The molecule has 0 fully saturated rings. The molecular formula is C28H31F2NO2. The third kappa shape index (κ3) is 6.72. The Hall–Kier alpha value is -3.05. The highest BCUT2D eigenvalue weighted by atomic mass is 19.1. The molecule has 0 heterocycles. The summed E-state index contributed by atoms with van der Waals surface area (Å²) in [5, 5.41) is 0. The van der Waals surface area contributed by atoms with Crippen molar-refractivity contribution in [2.75, 3.05) is 0 Å². The molecule has 3 aromatic carbocycles. The molecule has 0 bridgehead atoms. The van der Waals surface area contributed by atoms with Gasteiger partial charge in [-0.1, -0.05) is 72.8 Å². The minimum atomic E-state index is -1.79. The molecule has 3 nitrogen and oxygen atoms in total. The van der Waals surface area contributed by atoms with E-state index in [9.17, 15) is 9.18 Å². The van der Waals surface area contributed by atoms with Gasteiger partial charge in [0.1, 0.15) is 17.5 Å². The third-order valence-corrected chi connectivity index (χ3v) is 5.44. The van der Waals surface area contributed by atoms with Crippen molar-refractivity contribution < 1.29 is 18.3 Å². The molecule has 0 spiro atoms. The molecule has 0 aliphatic carbocycles. The molecule has 0 unspecified atom stereocenters. The first-order valence-corrected chi connectivity index (χ1v) is 11.1. The second kappa shape index (κ2) is 10.7. The molecular weight excluding hydrogens is 420 g/mol. The zero-order chi connectivity index (χ0) is 24.0. The summed E-state index contributed by atoms with van der Waals surface area (Å²) in [5.41, 5.74) is 1.17. The summed E-state index contributed by atoms with van der Waals surface area (Å²) in [6, 6.07) is 23.0. The minimum Gasteiger partial charge on any atom is -0.459 e. The fourth-order valence-electron chi connectivity index (χ4n) is 3.84. The van der Waals surface area contributed by atoms with Gasteiger partial charge in [-0.3, -0.25) is 9.69 Å². The van der Waals surface area contributed by atoms with Crippen LogP contribution in [0.4, 0.5) is 8.78 Å². The lowest BCUT2D eigenvalue weighted by atomic mass is 9.97. The van der Waals surface area contributed by atoms with E-state index >= 15 is 4.39 Å². The number of alkyl halides is 1. The first-order valence-electron chi connectivity index (χ1n) is 11.1. The van der Waals surface area contributed by atoms with Gasteiger partial charge in [-0.2, -0.15) is 0 Å². The highest BCUT2D eigenvalue weighted by molar-refractivity contribution is 5.77. The Bertz CT molecular complexity index is 1030.